The van der Waals surface area contributed by atoms with Crippen LogP contribution in [0, 0.1) is 6.92 Å². The molecule has 2 N–H and O–H groups in total. The Labute approximate surface area is 156 Å². The summed E-state index contributed by atoms with van der Waals surface area (Å²) in [5, 5.41) is 8.91. The summed E-state index contributed by atoms with van der Waals surface area (Å²) in [6.07, 6.45) is 0. The highest BCUT2D eigenvalue weighted by atomic mass is 35.5. The maximum absolute atomic E-state index is 12.5. The predicted octanol–water partition coefficient (Wildman–Crippen LogP) is 2.25. The number of urea groups is 1. The zero-order valence-electron chi connectivity index (χ0n) is 13.4. The molecule has 0 atom stereocenters. The van der Waals surface area contributed by atoms with Gasteiger partial charge in [-0.15, -0.1) is 11.3 Å². The first-order valence-corrected chi connectivity index (χ1v) is 8.80. The van der Waals surface area contributed by atoms with Gasteiger partial charge in [0.05, 0.1) is 21.3 Å². The van der Waals surface area contributed by atoms with Gasteiger partial charge in [-0.1, -0.05) is 23.7 Å². The molecule has 0 radical (unpaired) electrons. The number of imide groups is 1. The van der Waals surface area contributed by atoms with E-state index in [2.05, 4.69) is 15.8 Å². The van der Waals surface area contributed by atoms with Gasteiger partial charge in [-0.25, -0.2) is 14.5 Å². The van der Waals surface area contributed by atoms with Crippen LogP contribution in [0.1, 0.15) is 15.4 Å². The van der Waals surface area contributed by atoms with Crippen LogP contribution in [0.15, 0.2) is 30.3 Å². The fraction of sp³-hybridized carbons (Fsp3) is 0.125. The molecule has 4 rings (SSSR count). The molecule has 3 aromatic rings. The number of carbonyl (C=O) groups is 3. The van der Waals surface area contributed by atoms with E-state index in [1.54, 1.807) is 16.8 Å². The van der Waals surface area contributed by atoms with Crippen LogP contribution in [-0.4, -0.2) is 39.2 Å². The predicted molar refractivity (Wildman–Crippen MR) is 96.4 cm³/mol. The standard InChI is InChI=1S/C16H12ClN5O3S/c1-8-9-6-12(14(24)20-21-7-13(23)18-16(21)25)26-15(9)22(19-8)11-5-3-2-4-10(11)17/h2-6H,7H2,1H3,(H,20,24)(H,18,23,25). The molecule has 10 heteroatoms. The number of rotatable bonds is 3. The summed E-state index contributed by atoms with van der Waals surface area (Å²) in [5.74, 6) is -0.932. The fourth-order valence-electron chi connectivity index (χ4n) is 2.66. The van der Waals surface area contributed by atoms with Crippen LogP contribution in [0.3, 0.4) is 0 Å². The number of hydrogen-bond donors (Lipinski definition) is 2. The summed E-state index contributed by atoms with van der Waals surface area (Å²) in [4.78, 5) is 36.4. The highest BCUT2D eigenvalue weighted by Gasteiger charge is 2.29. The number of nitrogens with zero attached hydrogens (tertiary/aromatic N) is 3. The van der Waals surface area contributed by atoms with E-state index < -0.39 is 17.8 Å². The van der Waals surface area contributed by atoms with E-state index in [1.165, 1.54) is 11.3 Å². The summed E-state index contributed by atoms with van der Waals surface area (Å²) >= 11 is 7.49. The summed E-state index contributed by atoms with van der Waals surface area (Å²) < 4.78 is 1.69. The number of halogens is 1. The van der Waals surface area contributed by atoms with Crippen LogP contribution >= 0.6 is 22.9 Å². The van der Waals surface area contributed by atoms with Crippen molar-refractivity contribution in [1.29, 1.82) is 0 Å². The maximum Gasteiger partial charge on any atom is 0.343 e. The molecule has 4 amide bonds. The number of carbonyl (C=O) groups excluding carboxylic acids is 3. The molecule has 0 bridgehead atoms. The highest BCUT2D eigenvalue weighted by Crippen LogP contribution is 2.32. The van der Waals surface area contributed by atoms with Gasteiger partial charge in [0.2, 0.25) is 5.91 Å². The lowest BCUT2D eigenvalue weighted by atomic mass is 10.3. The van der Waals surface area contributed by atoms with Gasteiger partial charge in [0.1, 0.15) is 11.4 Å². The Balaban J connectivity index is 1.69. The van der Waals surface area contributed by atoms with Crippen LogP contribution in [-0.2, 0) is 4.79 Å². The van der Waals surface area contributed by atoms with E-state index >= 15 is 0 Å². The Morgan fingerprint density at radius 3 is 2.81 bits per heavy atom. The largest absolute Gasteiger partial charge is 0.343 e. The summed E-state index contributed by atoms with van der Waals surface area (Å²) in [7, 11) is 0. The molecule has 8 nitrogen and oxygen atoms in total. The van der Waals surface area contributed by atoms with Crippen LogP contribution in [0.25, 0.3) is 15.9 Å². The first kappa shape index (κ1) is 16.6. The van der Waals surface area contributed by atoms with Gasteiger partial charge in [0, 0.05) is 5.39 Å². The van der Waals surface area contributed by atoms with Gasteiger partial charge in [-0.05, 0) is 25.1 Å². The first-order chi connectivity index (χ1) is 12.4. The molecule has 0 aliphatic carbocycles. The molecule has 0 spiro atoms. The van der Waals surface area contributed by atoms with Gasteiger partial charge < -0.3 is 0 Å². The second kappa shape index (κ2) is 6.11. The number of aryl methyl sites for hydroxylation is 1. The topological polar surface area (TPSA) is 96.3 Å². The molecule has 2 aromatic heterocycles. The van der Waals surface area contributed by atoms with Crippen molar-refractivity contribution in [3.63, 3.8) is 0 Å². The molecule has 0 unspecified atom stereocenters. The molecule has 1 aromatic carbocycles. The number of aromatic nitrogens is 2. The molecular weight excluding hydrogens is 378 g/mol. The number of amides is 4. The van der Waals surface area contributed by atoms with Crippen molar-refractivity contribution in [2.75, 3.05) is 6.54 Å². The zero-order valence-corrected chi connectivity index (χ0v) is 15.0. The molecule has 1 aliphatic heterocycles. The highest BCUT2D eigenvalue weighted by molar-refractivity contribution is 7.20. The number of para-hydroxylation sites is 1. The van der Waals surface area contributed by atoms with E-state index in [-0.39, 0.29) is 6.54 Å². The van der Waals surface area contributed by atoms with Crippen LogP contribution < -0.4 is 10.7 Å². The second-order valence-corrected chi connectivity index (χ2v) is 7.10. The van der Waals surface area contributed by atoms with Crippen LogP contribution in [0.2, 0.25) is 5.02 Å². The lowest BCUT2D eigenvalue weighted by Crippen LogP contribution is -2.43. The van der Waals surface area contributed by atoms with Crippen molar-refractivity contribution in [3.8, 4) is 5.69 Å². The average Bonchev–Trinajstić information content (AvgIpc) is 3.24. The molecule has 3 heterocycles. The number of benzene rings is 1. The van der Waals surface area contributed by atoms with E-state index in [0.29, 0.717) is 15.6 Å². The van der Waals surface area contributed by atoms with E-state index in [1.807, 2.05) is 25.1 Å². The Bertz CT molecular complexity index is 1070. The van der Waals surface area contributed by atoms with Crippen molar-refractivity contribution in [1.82, 2.24) is 25.5 Å². The number of hydrazine groups is 1. The average molecular weight is 390 g/mol. The fourth-order valence-corrected chi connectivity index (χ4v) is 3.94. The Kier molecular flexibility index (Phi) is 3.89. The normalized spacial score (nSPS) is 14.2. The van der Waals surface area contributed by atoms with Gasteiger partial charge in [-0.3, -0.25) is 20.3 Å². The second-order valence-electron chi connectivity index (χ2n) is 5.66. The Hall–Kier alpha value is -2.91. The molecular formula is C16H12ClN5O3S. The summed E-state index contributed by atoms with van der Waals surface area (Å²) in [6, 6.07) is 8.35. The van der Waals surface area contributed by atoms with E-state index in [9.17, 15) is 14.4 Å². The lowest BCUT2D eigenvalue weighted by molar-refractivity contribution is -0.118. The summed E-state index contributed by atoms with van der Waals surface area (Å²) in [5.41, 5.74) is 3.90. The van der Waals surface area contributed by atoms with E-state index in [0.717, 1.165) is 20.9 Å². The van der Waals surface area contributed by atoms with Gasteiger partial charge in [-0.2, -0.15) is 5.10 Å². The minimum Gasteiger partial charge on any atom is -0.275 e. The number of fused-ring (bicyclic) bond motifs is 1. The molecule has 0 saturated carbocycles. The quantitative estimate of drug-likeness (QED) is 0.671. The van der Waals surface area contributed by atoms with Crippen molar-refractivity contribution in [2.45, 2.75) is 6.92 Å². The third-order valence-electron chi connectivity index (χ3n) is 3.88. The first-order valence-electron chi connectivity index (χ1n) is 7.60. The maximum atomic E-state index is 12.5. The van der Waals surface area contributed by atoms with Gasteiger partial charge >= 0.3 is 6.03 Å². The monoisotopic (exact) mass is 389 g/mol. The summed E-state index contributed by atoms with van der Waals surface area (Å²) in [6.45, 7) is 1.64. The molecule has 1 aliphatic rings. The van der Waals surface area contributed by atoms with Crippen LogP contribution in [0.4, 0.5) is 4.79 Å². The van der Waals surface area contributed by atoms with Crippen molar-refractivity contribution >= 4 is 51.0 Å². The zero-order chi connectivity index (χ0) is 18.4. The minimum atomic E-state index is -0.650. The van der Waals surface area contributed by atoms with Crippen molar-refractivity contribution in [2.24, 2.45) is 0 Å². The number of nitrogens with one attached hydrogen (secondary N) is 2. The van der Waals surface area contributed by atoms with Crippen LogP contribution in [0.5, 0.6) is 0 Å². The van der Waals surface area contributed by atoms with E-state index in [4.69, 9.17) is 11.6 Å². The molecule has 1 fully saturated rings. The van der Waals surface area contributed by atoms with Gasteiger partial charge in [0.25, 0.3) is 5.91 Å². The SMILES string of the molecule is Cc1nn(-c2ccccc2Cl)c2sc(C(=O)NN3CC(=O)NC3=O)cc12. The Morgan fingerprint density at radius 1 is 1.35 bits per heavy atom. The third kappa shape index (κ3) is 2.71. The molecule has 1 saturated heterocycles. The number of thiophene rings is 1. The van der Waals surface area contributed by atoms with Gasteiger partial charge in [0.15, 0.2) is 0 Å². The minimum absolute atomic E-state index is 0.206. The lowest BCUT2D eigenvalue weighted by Gasteiger charge is -2.13. The Morgan fingerprint density at radius 2 is 2.12 bits per heavy atom. The smallest absolute Gasteiger partial charge is 0.275 e. The van der Waals surface area contributed by atoms with Crippen molar-refractivity contribution < 1.29 is 14.4 Å². The van der Waals surface area contributed by atoms with Crippen molar-refractivity contribution in [3.05, 3.63) is 45.9 Å². The number of hydrogen-bond acceptors (Lipinski definition) is 5. The third-order valence-corrected chi connectivity index (χ3v) is 5.31. The molecule has 132 valence electrons. The molecule has 26 heavy (non-hydrogen) atoms.